The first kappa shape index (κ1) is 16.0. The number of aryl methyl sites for hydroxylation is 1. The van der Waals surface area contributed by atoms with Gasteiger partial charge in [-0.2, -0.15) is 0 Å². The van der Waals surface area contributed by atoms with Gasteiger partial charge >= 0.3 is 0 Å². The van der Waals surface area contributed by atoms with Gasteiger partial charge in [-0.25, -0.2) is 0 Å². The van der Waals surface area contributed by atoms with Crippen LogP contribution < -0.4 is 0 Å². The highest BCUT2D eigenvalue weighted by atomic mass is 16.2. The van der Waals surface area contributed by atoms with Gasteiger partial charge in [0.1, 0.15) is 0 Å². The summed E-state index contributed by atoms with van der Waals surface area (Å²) in [7, 11) is 0. The molecule has 0 atom stereocenters. The van der Waals surface area contributed by atoms with Crippen LogP contribution in [-0.2, 0) is 4.79 Å². The third kappa shape index (κ3) is 6.61. The predicted molar refractivity (Wildman–Crippen MR) is 64.3 cm³/mol. The second kappa shape index (κ2) is 10.6. The van der Waals surface area contributed by atoms with Gasteiger partial charge in [0.05, 0.1) is 0 Å². The summed E-state index contributed by atoms with van der Waals surface area (Å²) in [5, 5.41) is 0. The topological polar surface area (TPSA) is 34.1 Å². The Bertz CT molecular complexity index is 290. The van der Waals surface area contributed by atoms with Crippen LogP contribution >= 0.6 is 0 Å². The molecule has 1 aromatic carbocycles. The van der Waals surface area contributed by atoms with Gasteiger partial charge < -0.3 is 0 Å². The van der Waals surface area contributed by atoms with E-state index in [1.54, 1.807) is 18.2 Å². The molecule has 0 aromatic heterocycles. The molecule has 2 heteroatoms. The maximum absolute atomic E-state index is 10.8. The van der Waals surface area contributed by atoms with Crippen molar-refractivity contribution in [2.24, 2.45) is 0 Å². The van der Waals surface area contributed by atoms with Gasteiger partial charge in [-0.1, -0.05) is 51.5 Å². The largest absolute Gasteiger partial charge is 0.294 e. The van der Waals surface area contributed by atoms with Crippen molar-refractivity contribution in [3.63, 3.8) is 0 Å². The maximum atomic E-state index is 10.8. The molecular formula is C13H20O2. The van der Waals surface area contributed by atoms with E-state index < -0.39 is 5.78 Å². The van der Waals surface area contributed by atoms with Crippen LogP contribution in [0.25, 0.3) is 0 Å². The minimum Gasteiger partial charge on any atom is -0.294 e. The Balaban J connectivity index is 0. The van der Waals surface area contributed by atoms with Crippen LogP contribution in [0, 0.1) is 6.92 Å². The minimum atomic E-state index is -0.464. The highest BCUT2D eigenvalue weighted by Gasteiger charge is 2.01. The second-order valence-corrected chi connectivity index (χ2v) is 2.35. The zero-order valence-corrected chi connectivity index (χ0v) is 10.2. The molecule has 0 saturated heterocycles. The van der Waals surface area contributed by atoms with E-state index in [2.05, 4.69) is 0 Å². The molecule has 0 aliphatic rings. The number of benzene rings is 1. The summed E-state index contributed by atoms with van der Waals surface area (Å²) in [5.41, 5.74) is 1.44. The third-order valence-corrected chi connectivity index (χ3v) is 1.41. The molecule has 84 valence electrons. The maximum Gasteiger partial charge on any atom is 0.225 e. The van der Waals surface area contributed by atoms with Crippen LogP contribution in [0.15, 0.2) is 24.3 Å². The van der Waals surface area contributed by atoms with Gasteiger partial charge in [-0.15, -0.1) is 0 Å². The van der Waals surface area contributed by atoms with Crippen molar-refractivity contribution in [2.75, 3.05) is 0 Å². The molecule has 0 fully saturated rings. The van der Waals surface area contributed by atoms with E-state index in [1.807, 2.05) is 40.7 Å². The van der Waals surface area contributed by atoms with Crippen LogP contribution in [0.3, 0.4) is 0 Å². The lowest BCUT2D eigenvalue weighted by atomic mass is 10.1. The number of ketones is 1. The molecular weight excluding hydrogens is 188 g/mol. The van der Waals surface area contributed by atoms with E-state index in [1.165, 1.54) is 0 Å². The Kier molecular flexibility index (Phi) is 11.4. The van der Waals surface area contributed by atoms with E-state index >= 15 is 0 Å². The van der Waals surface area contributed by atoms with Crippen LogP contribution in [0.1, 0.15) is 43.6 Å². The molecule has 0 heterocycles. The first-order valence-electron chi connectivity index (χ1n) is 5.30. The van der Waals surface area contributed by atoms with E-state index in [0.29, 0.717) is 11.8 Å². The Morgan fingerprint density at radius 3 is 2.07 bits per heavy atom. The minimum absolute atomic E-state index is 0.328. The number of rotatable bonds is 2. The highest BCUT2D eigenvalue weighted by molar-refractivity contribution is 6.33. The molecule has 0 saturated carbocycles. The van der Waals surface area contributed by atoms with Gasteiger partial charge in [0.25, 0.3) is 0 Å². The first-order chi connectivity index (χ1) is 7.24. The summed E-state index contributed by atoms with van der Waals surface area (Å²) < 4.78 is 0. The monoisotopic (exact) mass is 208 g/mol. The summed E-state index contributed by atoms with van der Waals surface area (Å²) in [6.45, 7) is 9.88. The molecule has 0 radical (unpaired) electrons. The molecule has 0 spiro atoms. The van der Waals surface area contributed by atoms with Gasteiger partial charge in [0.15, 0.2) is 6.29 Å². The van der Waals surface area contributed by atoms with Crippen LogP contribution in [0.4, 0.5) is 0 Å². The number of aldehydes is 1. The number of Topliss-reactive ketones (excluding diaryl/α,β-unsaturated/α-hetero) is 1. The highest BCUT2D eigenvalue weighted by Crippen LogP contribution is 2.03. The summed E-state index contributed by atoms with van der Waals surface area (Å²) in [6, 6.07) is 6.95. The van der Waals surface area contributed by atoms with Crippen molar-refractivity contribution in [1.29, 1.82) is 0 Å². The van der Waals surface area contributed by atoms with Crippen molar-refractivity contribution in [3.05, 3.63) is 35.4 Å². The van der Waals surface area contributed by atoms with Gasteiger partial charge in [-0.05, 0) is 13.0 Å². The van der Waals surface area contributed by atoms with E-state index in [4.69, 9.17) is 0 Å². The molecule has 2 nitrogen and oxygen atoms in total. The number of hydrogen-bond acceptors (Lipinski definition) is 2. The van der Waals surface area contributed by atoms with Gasteiger partial charge in [-0.3, -0.25) is 9.59 Å². The standard InChI is InChI=1S/C9H8O2.2C2H6/c1-7-3-2-4-8(5-7)9(11)6-10;2*1-2/h2-6H,1H3;2*1-2H3. The average Bonchev–Trinajstić information content (AvgIpc) is 2.33. The summed E-state index contributed by atoms with van der Waals surface area (Å²) >= 11 is 0. The van der Waals surface area contributed by atoms with Crippen molar-refractivity contribution in [2.45, 2.75) is 34.6 Å². The Morgan fingerprint density at radius 1 is 1.13 bits per heavy atom. The van der Waals surface area contributed by atoms with Crippen molar-refractivity contribution in [1.82, 2.24) is 0 Å². The smallest absolute Gasteiger partial charge is 0.225 e. The molecule has 0 unspecified atom stereocenters. The average molecular weight is 208 g/mol. The zero-order chi connectivity index (χ0) is 12.3. The van der Waals surface area contributed by atoms with E-state index in [9.17, 15) is 9.59 Å². The lowest BCUT2D eigenvalue weighted by Gasteiger charge is -1.94. The molecule has 0 bridgehead atoms. The van der Waals surface area contributed by atoms with Crippen LogP contribution in [0.5, 0.6) is 0 Å². The van der Waals surface area contributed by atoms with E-state index in [0.717, 1.165) is 5.56 Å². The Morgan fingerprint density at radius 2 is 1.67 bits per heavy atom. The molecule has 0 aliphatic carbocycles. The quantitative estimate of drug-likeness (QED) is 0.424. The lowest BCUT2D eigenvalue weighted by molar-refractivity contribution is -0.104. The van der Waals surface area contributed by atoms with Gasteiger partial charge in [0, 0.05) is 5.56 Å². The Hall–Kier alpha value is -1.44. The fraction of sp³-hybridized carbons (Fsp3) is 0.385. The van der Waals surface area contributed by atoms with Crippen LogP contribution in [-0.4, -0.2) is 12.1 Å². The first-order valence-corrected chi connectivity index (χ1v) is 5.30. The molecule has 1 aromatic rings. The molecule has 0 N–H and O–H groups in total. The number of carbonyl (C=O) groups is 2. The second-order valence-electron chi connectivity index (χ2n) is 2.35. The molecule has 0 aliphatic heterocycles. The van der Waals surface area contributed by atoms with Crippen molar-refractivity contribution in [3.8, 4) is 0 Å². The van der Waals surface area contributed by atoms with Gasteiger partial charge in [0.2, 0.25) is 5.78 Å². The zero-order valence-electron chi connectivity index (χ0n) is 10.2. The predicted octanol–water partition coefficient (Wildman–Crippen LogP) is 3.43. The summed E-state index contributed by atoms with van der Waals surface area (Å²) in [5.74, 6) is -0.464. The summed E-state index contributed by atoms with van der Waals surface area (Å²) in [6.07, 6.45) is 0.328. The van der Waals surface area contributed by atoms with Crippen molar-refractivity contribution < 1.29 is 9.59 Å². The number of carbonyl (C=O) groups excluding carboxylic acids is 2. The summed E-state index contributed by atoms with van der Waals surface area (Å²) in [4.78, 5) is 20.9. The molecule has 15 heavy (non-hydrogen) atoms. The third-order valence-electron chi connectivity index (χ3n) is 1.41. The van der Waals surface area contributed by atoms with E-state index in [-0.39, 0.29) is 0 Å². The lowest BCUT2D eigenvalue weighted by Crippen LogP contribution is -1.99. The van der Waals surface area contributed by atoms with Crippen molar-refractivity contribution >= 4 is 12.1 Å². The Labute approximate surface area is 92.3 Å². The van der Waals surface area contributed by atoms with Crippen LogP contribution in [0.2, 0.25) is 0 Å². The fourth-order valence-corrected chi connectivity index (χ4v) is 0.866. The SMILES string of the molecule is CC.CC.Cc1cccc(C(=O)C=O)c1. The number of hydrogen-bond donors (Lipinski definition) is 0. The molecule has 1 rings (SSSR count). The normalized spacial score (nSPS) is 7.53. The molecule has 0 amide bonds. The fourth-order valence-electron chi connectivity index (χ4n) is 0.866.